The first kappa shape index (κ1) is 17.7. The summed E-state index contributed by atoms with van der Waals surface area (Å²) in [6.45, 7) is 15.3. The van der Waals surface area contributed by atoms with Crippen LogP contribution in [0, 0.1) is 0 Å². The van der Waals surface area contributed by atoms with Crippen LogP contribution in [-0.2, 0) is 4.43 Å². The molecule has 0 saturated heterocycles. The number of hydrogen-bond donors (Lipinski definition) is 1. The molecule has 108 valence electrons. The van der Waals surface area contributed by atoms with Crippen molar-refractivity contribution in [3.05, 3.63) is 11.8 Å². The number of aliphatic hydroxyl groups is 1. The minimum absolute atomic E-state index is 0.204. The highest BCUT2D eigenvalue weighted by atomic mass is 28.4. The largest absolute Gasteiger partial charge is 0.547 e. The first-order chi connectivity index (χ1) is 8.14. The Labute approximate surface area is 115 Å². The molecule has 0 aromatic rings. The molecule has 18 heavy (non-hydrogen) atoms. The number of rotatable bonds is 7. The van der Waals surface area contributed by atoms with Crippen LogP contribution >= 0.6 is 0 Å². The van der Waals surface area contributed by atoms with Gasteiger partial charge in [0.2, 0.25) is 8.32 Å². The molecule has 0 aliphatic rings. The summed E-state index contributed by atoms with van der Waals surface area (Å²) in [5.41, 5.74) is 0. The fourth-order valence-electron chi connectivity index (χ4n) is 1.47. The van der Waals surface area contributed by atoms with Crippen LogP contribution in [0.4, 0.5) is 0 Å². The molecule has 0 bridgehead atoms. The molecular formula is C15H32O2Si. The van der Waals surface area contributed by atoms with Gasteiger partial charge in [-0.2, -0.15) is 0 Å². The monoisotopic (exact) mass is 272 g/mol. The Morgan fingerprint density at radius 2 is 1.89 bits per heavy atom. The molecule has 1 unspecified atom stereocenters. The first-order valence-corrected chi connectivity index (χ1v) is 10.1. The summed E-state index contributed by atoms with van der Waals surface area (Å²) in [7, 11) is -1.77. The SMILES string of the molecule is C/C=C(/CC(O)CCCC)O[Si](C)(C)C(C)(C)C. The highest BCUT2D eigenvalue weighted by Gasteiger charge is 2.39. The molecule has 2 nitrogen and oxygen atoms in total. The Morgan fingerprint density at radius 1 is 1.33 bits per heavy atom. The lowest BCUT2D eigenvalue weighted by molar-refractivity contribution is 0.147. The Bertz CT molecular complexity index is 264. The molecule has 0 radical (unpaired) electrons. The van der Waals surface area contributed by atoms with Gasteiger partial charge in [0, 0.05) is 6.42 Å². The molecule has 1 atom stereocenters. The minimum Gasteiger partial charge on any atom is -0.547 e. The summed E-state index contributed by atoms with van der Waals surface area (Å²) >= 11 is 0. The third kappa shape index (κ3) is 6.05. The van der Waals surface area contributed by atoms with Gasteiger partial charge in [-0.25, -0.2) is 0 Å². The molecule has 0 heterocycles. The second kappa shape index (κ2) is 7.34. The molecule has 3 heteroatoms. The van der Waals surface area contributed by atoms with Crippen LogP contribution in [0.2, 0.25) is 18.1 Å². The van der Waals surface area contributed by atoms with Gasteiger partial charge in [-0.15, -0.1) is 0 Å². The Kier molecular flexibility index (Phi) is 7.23. The third-order valence-corrected chi connectivity index (χ3v) is 8.23. The molecular weight excluding hydrogens is 240 g/mol. The van der Waals surface area contributed by atoms with Crippen molar-refractivity contribution in [3.8, 4) is 0 Å². The molecule has 0 aromatic heterocycles. The van der Waals surface area contributed by atoms with Crippen molar-refractivity contribution in [2.45, 2.75) is 84.5 Å². The van der Waals surface area contributed by atoms with E-state index in [1.165, 1.54) is 0 Å². The van der Waals surface area contributed by atoms with Crippen molar-refractivity contribution >= 4 is 8.32 Å². The smallest absolute Gasteiger partial charge is 0.250 e. The van der Waals surface area contributed by atoms with Gasteiger partial charge < -0.3 is 9.53 Å². The zero-order valence-corrected chi connectivity index (χ0v) is 14.3. The Balaban J connectivity index is 4.46. The number of hydrogen-bond acceptors (Lipinski definition) is 2. The fraction of sp³-hybridized carbons (Fsp3) is 0.867. The lowest BCUT2D eigenvalue weighted by atomic mass is 10.1. The van der Waals surface area contributed by atoms with Crippen molar-refractivity contribution in [1.82, 2.24) is 0 Å². The maximum absolute atomic E-state index is 9.98. The highest BCUT2D eigenvalue weighted by molar-refractivity contribution is 6.74. The van der Waals surface area contributed by atoms with Crippen LogP contribution in [0.1, 0.15) is 60.3 Å². The lowest BCUT2D eigenvalue weighted by Crippen LogP contribution is -2.40. The molecule has 0 fully saturated rings. The number of allylic oxidation sites excluding steroid dienone is 1. The van der Waals surface area contributed by atoms with Crippen LogP contribution in [0.5, 0.6) is 0 Å². The van der Waals surface area contributed by atoms with E-state index in [0.29, 0.717) is 6.42 Å². The highest BCUT2D eigenvalue weighted by Crippen LogP contribution is 2.38. The quantitative estimate of drug-likeness (QED) is 0.530. The van der Waals surface area contributed by atoms with Crippen LogP contribution < -0.4 is 0 Å². The van der Waals surface area contributed by atoms with Gasteiger partial charge in [-0.05, 0) is 31.5 Å². The van der Waals surface area contributed by atoms with Gasteiger partial charge in [-0.3, -0.25) is 0 Å². The van der Waals surface area contributed by atoms with E-state index in [9.17, 15) is 5.11 Å². The molecule has 0 aliphatic carbocycles. The molecule has 0 aliphatic heterocycles. The summed E-state index contributed by atoms with van der Waals surface area (Å²) in [6, 6.07) is 0. The standard InChI is InChI=1S/C15H32O2Si/c1-8-10-11-13(16)12-14(9-2)17-18(6,7)15(3,4)5/h9,13,16H,8,10-12H2,1-7H3/b14-9-. The van der Waals surface area contributed by atoms with Gasteiger partial charge in [-0.1, -0.05) is 46.6 Å². The predicted molar refractivity (Wildman–Crippen MR) is 82.2 cm³/mol. The summed E-state index contributed by atoms with van der Waals surface area (Å²) in [5, 5.41) is 10.2. The minimum atomic E-state index is -1.77. The zero-order chi connectivity index (χ0) is 14.4. The van der Waals surface area contributed by atoms with Crippen molar-refractivity contribution in [3.63, 3.8) is 0 Å². The van der Waals surface area contributed by atoms with E-state index in [2.05, 4.69) is 40.8 Å². The molecule has 0 rings (SSSR count). The Morgan fingerprint density at radius 3 is 2.28 bits per heavy atom. The lowest BCUT2D eigenvalue weighted by Gasteiger charge is -2.37. The summed E-state index contributed by atoms with van der Waals surface area (Å²) in [5.74, 6) is 0.963. The van der Waals surface area contributed by atoms with E-state index in [4.69, 9.17) is 4.43 Å². The average molecular weight is 273 g/mol. The van der Waals surface area contributed by atoms with Crippen LogP contribution in [0.3, 0.4) is 0 Å². The number of unbranched alkanes of at least 4 members (excludes halogenated alkanes) is 1. The van der Waals surface area contributed by atoms with Crippen molar-refractivity contribution < 1.29 is 9.53 Å². The van der Waals surface area contributed by atoms with Gasteiger partial charge in [0.05, 0.1) is 11.9 Å². The Hall–Kier alpha value is -0.283. The normalized spacial score (nSPS) is 15.7. The second-order valence-corrected chi connectivity index (χ2v) is 11.3. The summed E-state index contributed by atoms with van der Waals surface area (Å²) in [4.78, 5) is 0. The summed E-state index contributed by atoms with van der Waals surface area (Å²) < 4.78 is 6.24. The van der Waals surface area contributed by atoms with E-state index < -0.39 is 8.32 Å². The average Bonchev–Trinajstić information content (AvgIpc) is 2.23. The van der Waals surface area contributed by atoms with Crippen LogP contribution in [0.15, 0.2) is 11.8 Å². The van der Waals surface area contributed by atoms with E-state index >= 15 is 0 Å². The van der Waals surface area contributed by atoms with Crippen molar-refractivity contribution in [2.24, 2.45) is 0 Å². The second-order valence-electron chi connectivity index (χ2n) is 6.62. The van der Waals surface area contributed by atoms with E-state index in [1.807, 2.05) is 13.0 Å². The maximum atomic E-state index is 9.98. The van der Waals surface area contributed by atoms with Crippen molar-refractivity contribution in [1.29, 1.82) is 0 Å². The van der Waals surface area contributed by atoms with Gasteiger partial charge in [0.1, 0.15) is 0 Å². The van der Waals surface area contributed by atoms with Gasteiger partial charge in [0.25, 0.3) is 0 Å². The molecule has 0 spiro atoms. The van der Waals surface area contributed by atoms with Gasteiger partial charge >= 0.3 is 0 Å². The maximum Gasteiger partial charge on any atom is 0.250 e. The van der Waals surface area contributed by atoms with E-state index in [0.717, 1.165) is 25.0 Å². The predicted octanol–water partition coefficient (Wildman–Crippen LogP) is 4.85. The van der Waals surface area contributed by atoms with Crippen LogP contribution in [-0.4, -0.2) is 19.5 Å². The molecule has 0 saturated carbocycles. The van der Waals surface area contributed by atoms with Crippen molar-refractivity contribution in [2.75, 3.05) is 0 Å². The topological polar surface area (TPSA) is 29.5 Å². The van der Waals surface area contributed by atoms with E-state index in [1.54, 1.807) is 0 Å². The van der Waals surface area contributed by atoms with Crippen LogP contribution in [0.25, 0.3) is 0 Å². The van der Waals surface area contributed by atoms with E-state index in [-0.39, 0.29) is 11.1 Å². The fourth-order valence-corrected chi connectivity index (χ4v) is 2.64. The molecule has 1 N–H and O–H groups in total. The summed E-state index contributed by atoms with van der Waals surface area (Å²) in [6.07, 6.45) is 5.48. The third-order valence-electron chi connectivity index (χ3n) is 3.84. The van der Waals surface area contributed by atoms with Gasteiger partial charge in [0.15, 0.2) is 0 Å². The molecule has 0 amide bonds. The zero-order valence-electron chi connectivity index (χ0n) is 13.3. The number of aliphatic hydroxyl groups excluding tert-OH is 1. The molecule has 0 aromatic carbocycles. The first-order valence-electron chi connectivity index (χ1n) is 7.16.